The lowest BCUT2D eigenvalue weighted by Gasteiger charge is -2.32. The molecule has 0 aliphatic carbocycles. The van der Waals surface area contributed by atoms with E-state index in [2.05, 4.69) is 20.2 Å². The Balaban J connectivity index is 1.17. The van der Waals surface area contributed by atoms with Gasteiger partial charge in [-0.2, -0.15) is 0 Å². The summed E-state index contributed by atoms with van der Waals surface area (Å²) in [6.07, 6.45) is 7.58. The summed E-state index contributed by atoms with van der Waals surface area (Å²) in [5, 5.41) is 31.4. The number of rotatable bonds is 16. The molecule has 244 valence electrons. The van der Waals surface area contributed by atoms with Crippen molar-refractivity contribution in [1.82, 2.24) is 20.2 Å². The fourth-order valence-electron chi connectivity index (χ4n) is 5.74. The van der Waals surface area contributed by atoms with Crippen LogP contribution in [0.25, 0.3) is 0 Å². The molecule has 0 bridgehead atoms. The van der Waals surface area contributed by atoms with Gasteiger partial charge in [0.1, 0.15) is 17.4 Å². The predicted octanol–water partition coefficient (Wildman–Crippen LogP) is 1.67. The van der Waals surface area contributed by atoms with Crippen molar-refractivity contribution in [1.29, 1.82) is 0 Å². The van der Waals surface area contributed by atoms with Crippen LogP contribution in [0, 0.1) is 23.5 Å². The number of amides is 1. The summed E-state index contributed by atoms with van der Waals surface area (Å²) in [7, 11) is 1.64. The molecule has 1 atom stereocenters. The Labute approximate surface area is 257 Å². The van der Waals surface area contributed by atoms with Crippen molar-refractivity contribution >= 4 is 11.9 Å². The Bertz CT molecular complexity index is 1160. The molecule has 0 radical (unpaired) electrons. The normalized spacial score (nSPS) is 17.8. The highest BCUT2D eigenvalue weighted by molar-refractivity contribution is 5.79. The van der Waals surface area contributed by atoms with E-state index in [0.29, 0.717) is 45.2 Å². The molecule has 3 heterocycles. The summed E-state index contributed by atoms with van der Waals surface area (Å²) in [4.78, 5) is 25.5. The maximum absolute atomic E-state index is 14.8. The number of aromatic nitrogens is 2. The zero-order valence-corrected chi connectivity index (χ0v) is 25.4. The average Bonchev–Trinajstić information content (AvgIpc) is 3.52. The van der Waals surface area contributed by atoms with Crippen LogP contribution in [0.15, 0.2) is 24.5 Å². The highest BCUT2D eigenvalue weighted by Crippen LogP contribution is 2.26. The lowest BCUT2D eigenvalue weighted by atomic mass is 9.92. The number of nitrogens with one attached hydrogen (secondary N) is 1. The van der Waals surface area contributed by atoms with E-state index in [1.165, 1.54) is 0 Å². The van der Waals surface area contributed by atoms with Crippen LogP contribution in [0.2, 0.25) is 0 Å². The second-order valence-electron chi connectivity index (χ2n) is 11.9. The highest BCUT2D eigenvalue weighted by Gasteiger charge is 2.32. The van der Waals surface area contributed by atoms with Gasteiger partial charge in [0.2, 0.25) is 11.9 Å². The van der Waals surface area contributed by atoms with Crippen LogP contribution in [-0.4, -0.2) is 108 Å². The predicted molar refractivity (Wildman–Crippen MR) is 159 cm³/mol. The van der Waals surface area contributed by atoms with E-state index >= 15 is 0 Å². The standard InChI is InChI=1S/C31H45F2N5O6/c1-43-18-24-14-34-30(35-15-24)37-7-4-22(5-8-37)3-2-10-44-25-11-27(32)26(28(33)12-25)13-29(42)38-9-6-23(17-38)16-36-31(19-39,20-40)21-41/h11-12,14-15,22-23,36,39-41H,2-10,13,16-21H2,1H3/t23-/m0/s1. The molecule has 0 spiro atoms. The first kappa shape index (κ1) is 33.9. The Hall–Kier alpha value is -2.97. The first-order chi connectivity index (χ1) is 21.3. The zero-order valence-electron chi connectivity index (χ0n) is 25.4. The topological polar surface area (TPSA) is 141 Å². The molecule has 0 saturated carbocycles. The molecule has 11 nitrogen and oxygen atoms in total. The van der Waals surface area contributed by atoms with Crippen molar-refractivity contribution in [2.45, 2.75) is 50.7 Å². The van der Waals surface area contributed by atoms with Crippen molar-refractivity contribution in [3.63, 3.8) is 0 Å². The van der Waals surface area contributed by atoms with Gasteiger partial charge in [-0.25, -0.2) is 18.7 Å². The van der Waals surface area contributed by atoms with Crippen LogP contribution in [-0.2, 0) is 22.6 Å². The summed E-state index contributed by atoms with van der Waals surface area (Å²) in [6.45, 7) is 2.46. The smallest absolute Gasteiger partial charge is 0.227 e. The highest BCUT2D eigenvalue weighted by atomic mass is 19.1. The molecular formula is C31H45F2N5O6. The van der Waals surface area contributed by atoms with Gasteiger partial charge in [-0.1, -0.05) is 0 Å². The van der Waals surface area contributed by atoms with Crippen molar-refractivity contribution in [2.75, 3.05) is 71.2 Å². The minimum absolute atomic E-state index is 0.0219. The van der Waals surface area contributed by atoms with Gasteiger partial charge in [-0.05, 0) is 43.9 Å². The molecule has 2 aliphatic heterocycles. The van der Waals surface area contributed by atoms with E-state index < -0.39 is 43.4 Å². The molecule has 1 amide bonds. The molecule has 4 rings (SSSR count). The molecule has 0 unspecified atom stereocenters. The number of carbonyl (C=O) groups is 1. The minimum Gasteiger partial charge on any atom is -0.493 e. The van der Waals surface area contributed by atoms with Gasteiger partial charge in [0.15, 0.2) is 0 Å². The van der Waals surface area contributed by atoms with Crippen LogP contribution in [0.5, 0.6) is 5.75 Å². The molecule has 1 aromatic carbocycles. The number of ether oxygens (including phenoxy) is 2. The molecule has 2 aromatic rings. The summed E-state index contributed by atoms with van der Waals surface area (Å²) < 4.78 is 40.5. The summed E-state index contributed by atoms with van der Waals surface area (Å²) in [6, 6.07) is 2.27. The van der Waals surface area contributed by atoms with Gasteiger partial charge in [0, 0.05) is 75.5 Å². The SMILES string of the molecule is COCc1cnc(N2CCC(CCCOc3cc(F)c(CC(=O)N4CC[C@@H](CNC(CO)(CO)CO)C4)c(F)c3)CC2)nc1. The number of aliphatic hydroxyl groups is 3. The van der Waals surface area contributed by atoms with E-state index in [1.807, 2.05) is 0 Å². The summed E-state index contributed by atoms with van der Waals surface area (Å²) >= 11 is 0. The largest absolute Gasteiger partial charge is 0.493 e. The number of hydrogen-bond acceptors (Lipinski definition) is 10. The number of halogens is 2. The van der Waals surface area contributed by atoms with E-state index in [4.69, 9.17) is 9.47 Å². The van der Waals surface area contributed by atoms with Crippen LogP contribution in [0.1, 0.15) is 43.2 Å². The number of hydrogen-bond donors (Lipinski definition) is 4. The van der Waals surface area contributed by atoms with Crippen molar-refractivity contribution in [2.24, 2.45) is 11.8 Å². The first-order valence-electron chi connectivity index (χ1n) is 15.3. The number of carbonyl (C=O) groups excluding carboxylic acids is 1. The van der Waals surface area contributed by atoms with Crippen molar-refractivity contribution < 1.29 is 38.4 Å². The third-order valence-corrected chi connectivity index (χ3v) is 8.68. The van der Waals surface area contributed by atoms with E-state index in [9.17, 15) is 28.9 Å². The molecule has 2 aliphatic rings. The molecular weight excluding hydrogens is 576 g/mol. The maximum Gasteiger partial charge on any atom is 0.227 e. The quantitative estimate of drug-likeness (QED) is 0.205. The number of methoxy groups -OCH3 is 1. The van der Waals surface area contributed by atoms with Gasteiger partial charge >= 0.3 is 0 Å². The lowest BCUT2D eigenvalue weighted by molar-refractivity contribution is -0.129. The van der Waals surface area contributed by atoms with Gasteiger partial charge in [0.05, 0.1) is 45.0 Å². The van der Waals surface area contributed by atoms with Gasteiger partial charge in [-0.3, -0.25) is 4.79 Å². The van der Waals surface area contributed by atoms with Gasteiger partial charge in [0.25, 0.3) is 0 Å². The zero-order chi connectivity index (χ0) is 31.5. The number of aliphatic hydroxyl groups excluding tert-OH is 3. The second kappa shape index (κ2) is 16.4. The van der Waals surface area contributed by atoms with Crippen molar-refractivity contribution in [3.05, 3.63) is 47.3 Å². The lowest BCUT2D eigenvalue weighted by Crippen LogP contribution is -2.56. The fraction of sp³-hybridized carbons (Fsp3) is 0.645. The molecule has 2 saturated heterocycles. The van der Waals surface area contributed by atoms with Crippen LogP contribution in [0.3, 0.4) is 0 Å². The number of benzene rings is 1. The van der Waals surface area contributed by atoms with Crippen LogP contribution < -0.4 is 15.0 Å². The second-order valence-corrected chi connectivity index (χ2v) is 11.9. The van der Waals surface area contributed by atoms with Crippen LogP contribution >= 0.6 is 0 Å². The number of likely N-dealkylation sites (tertiary alicyclic amines) is 1. The molecule has 2 fully saturated rings. The Morgan fingerprint density at radius 3 is 2.27 bits per heavy atom. The van der Waals surface area contributed by atoms with E-state index in [0.717, 1.165) is 62.4 Å². The van der Waals surface area contributed by atoms with E-state index in [1.54, 1.807) is 24.4 Å². The fourth-order valence-corrected chi connectivity index (χ4v) is 5.74. The molecule has 44 heavy (non-hydrogen) atoms. The Kier molecular flexibility index (Phi) is 12.6. The van der Waals surface area contributed by atoms with Crippen molar-refractivity contribution in [3.8, 4) is 5.75 Å². The third kappa shape index (κ3) is 9.04. The monoisotopic (exact) mass is 621 g/mol. The molecule has 1 aromatic heterocycles. The Morgan fingerprint density at radius 1 is 1.02 bits per heavy atom. The van der Waals surface area contributed by atoms with Gasteiger partial charge < -0.3 is 39.9 Å². The number of anilines is 1. The summed E-state index contributed by atoms with van der Waals surface area (Å²) in [5.41, 5.74) is -0.543. The van der Waals surface area contributed by atoms with Crippen LogP contribution in [0.4, 0.5) is 14.7 Å². The minimum atomic E-state index is -1.19. The molecule has 4 N–H and O–H groups in total. The summed E-state index contributed by atoms with van der Waals surface area (Å²) in [5.74, 6) is -0.611. The van der Waals surface area contributed by atoms with E-state index in [-0.39, 0.29) is 23.1 Å². The molecule has 13 heteroatoms. The Morgan fingerprint density at radius 2 is 1.66 bits per heavy atom. The number of piperidine rings is 1. The van der Waals surface area contributed by atoms with Gasteiger partial charge in [-0.15, -0.1) is 0 Å². The maximum atomic E-state index is 14.8. The average molecular weight is 622 g/mol. The third-order valence-electron chi connectivity index (χ3n) is 8.68. The number of nitrogens with zero attached hydrogens (tertiary/aromatic N) is 4. The first-order valence-corrected chi connectivity index (χ1v) is 15.3.